The zero-order chi connectivity index (χ0) is 23.5. The molecular weight excluding hydrogens is 417 g/mol. The van der Waals surface area contributed by atoms with Crippen LogP contribution < -0.4 is 5.73 Å². The SMILES string of the molecule is CCc1ccc(CN(Cc2ncc(F)cc2C)C(=O)c2ccc3nc(N)c(C)cc3c2)nc1. The Kier molecular flexibility index (Phi) is 6.31. The van der Waals surface area contributed by atoms with Gasteiger partial charge in [0.1, 0.15) is 11.6 Å². The Morgan fingerprint density at radius 2 is 1.82 bits per heavy atom. The number of hydrogen-bond donors (Lipinski definition) is 1. The van der Waals surface area contributed by atoms with Crippen LogP contribution in [0.2, 0.25) is 0 Å². The van der Waals surface area contributed by atoms with E-state index in [0.717, 1.165) is 34.1 Å². The molecule has 0 bridgehead atoms. The smallest absolute Gasteiger partial charge is 0.254 e. The van der Waals surface area contributed by atoms with Gasteiger partial charge in [-0.1, -0.05) is 13.0 Å². The molecule has 33 heavy (non-hydrogen) atoms. The highest BCUT2D eigenvalue weighted by Crippen LogP contribution is 2.22. The van der Waals surface area contributed by atoms with Crippen molar-refractivity contribution in [1.29, 1.82) is 0 Å². The zero-order valence-corrected chi connectivity index (χ0v) is 19.0. The summed E-state index contributed by atoms with van der Waals surface area (Å²) >= 11 is 0. The molecule has 4 rings (SSSR count). The van der Waals surface area contributed by atoms with E-state index in [4.69, 9.17) is 5.73 Å². The van der Waals surface area contributed by atoms with Crippen LogP contribution in [-0.4, -0.2) is 25.8 Å². The highest BCUT2D eigenvalue weighted by molar-refractivity contribution is 5.98. The molecule has 0 aliphatic rings. The number of nitrogen functional groups attached to an aromatic ring is 1. The van der Waals surface area contributed by atoms with E-state index in [9.17, 15) is 9.18 Å². The number of hydrogen-bond acceptors (Lipinski definition) is 5. The average molecular weight is 444 g/mol. The fourth-order valence-electron chi connectivity index (χ4n) is 3.68. The number of fused-ring (bicyclic) bond motifs is 1. The number of benzene rings is 1. The van der Waals surface area contributed by atoms with Crippen LogP contribution in [0.15, 0.2) is 54.9 Å². The number of nitrogens with zero attached hydrogens (tertiary/aromatic N) is 4. The second-order valence-electron chi connectivity index (χ2n) is 8.19. The summed E-state index contributed by atoms with van der Waals surface area (Å²) in [5.74, 6) is -0.0939. The lowest BCUT2D eigenvalue weighted by Crippen LogP contribution is -2.31. The Bertz CT molecular complexity index is 1320. The van der Waals surface area contributed by atoms with Gasteiger partial charge in [-0.05, 0) is 73.4 Å². The summed E-state index contributed by atoms with van der Waals surface area (Å²) in [5, 5.41) is 0.842. The van der Waals surface area contributed by atoms with Crippen LogP contribution in [0, 0.1) is 19.7 Å². The van der Waals surface area contributed by atoms with E-state index < -0.39 is 5.82 Å². The standard InChI is InChI=1S/C26H26FN5O/c1-4-18-5-7-22(29-12-18)14-32(15-24-16(2)10-21(27)13-30-24)26(33)19-6-8-23-20(11-19)9-17(3)25(28)31-23/h5-13H,4,14-15H2,1-3H3,(H2,28,31). The average Bonchev–Trinajstić information content (AvgIpc) is 2.80. The maximum absolute atomic E-state index is 13.6. The third-order valence-corrected chi connectivity index (χ3v) is 5.72. The molecule has 0 saturated carbocycles. The molecule has 0 aliphatic carbocycles. The molecule has 4 aromatic rings. The second-order valence-corrected chi connectivity index (χ2v) is 8.19. The van der Waals surface area contributed by atoms with Gasteiger partial charge in [0.15, 0.2) is 0 Å². The Labute approximate surface area is 192 Å². The van der Waals surface area contributed by atoms with E-state index in [2.05, 4.69) is 21.9 Å². The third-order valence-electron chi connectivity index (χ3n) is 5.72. The molecule has 3 heterocycles. The Morgan fingerprint density at radius 3 is 2.52 bits per heavy atom. The van der Waals surface area contributed by atoms with Crippen molar-refractivity contribution in [1.82, 2.24) is 19.9 Å². The molecule has 0 aliphatic heterocycles. The first-order valence-electron chi connectivity index (χ1n) is 10.8. The molecule has 0 radical (unpaired) electrons. The summed E-state index contributed by atoms with van der Waals surface area (Å²) in [7, 11) is 0. The highest BCUT2D eigenvalue weighted by atomic mass is 19.1. The largest absolute Gasteiger partial charge is 0.383 e. The van der Waals surface area contributed by atoms with Crippen LogP contribution in [-0.2, 0) is 19.5 Å². The minimum atomic E-state index is -0.400. The van der Waals surface area contributed by atoms with Crippen molar-refractivity contribution in [2.24, 2.45) is 0 Å². The number of anilines is 1. The summed E-state index contributed by atoms with van der Waals surface area (Å²) in [4.78, 5) is 28.4. The van der Waals surface area contributed by atoms with Gasteiger partial charge in [0.05, 0.1) is 36.2 Å². The molecule has 0 unspecified atom stereocenters. The van der Waals surface area contributed by atoms with Gasteiger partial charge in [-0.3, -0.25) is 14.8 Å². The van der Waals surface area contributed by atoms with Crippen LogP contribution in [0.3, 0.4) is 0 Å². The van der Waals surface area contributed by atoms with Crippen molar-refractivity contribution < 1.29 is 9.18 Å². The molecule has 3 aromatic heterocycles. The van der Waals surface area contributed by atoms with Crippen molar-refractivity contribution in [2.45, 2.75) is 40.3 Å². The number of nitrogens with two attached hydrogens (primary N) is 1. The lowest BCUT2D eigenvalue weighted by atomic mass is 10.1. The van der Waals surface area contributed by atoms with Gasteiger partial charge in [0.25, 0.3) is 5.91 Å². The van der Waals surface area contributed by atoms with Crippen molar-refractivity contribution >= 4 is 22.6 Å². The lowest BCUT2D eigenvalue weighted by Gasteiger charge is -2.23. The number of amides is 1. The van der Waals surface area contributed by atoms with E-state index >= 15 is 0 Å². The molecular formula is C26H26FN5O. The van der Waals surface area contributed by atoms with Crippen LogP contribution in [0.1, 0.15) is 45.4 Å². The number of aryl methyl sites for hydroxylation is 3. The van der Waals surface area contributed by atoms with Crippen molar-refractivity contribution in [2.75, 3.05) is 5.73 Å². The molecule has 168 valence electrons. The second kappa shape index (κ2) is 9.32. The molecule has 1 amide bonds. The first-order chi connectivity index (χ1) is 15.8. The van der Waals surface area contributed by atoms with Crippen LogP contribution in [0.5, 0.6) is 0 Å². The maximum atomic E-state index is 13.6. The summed E-state index contributed by atoms with van der Waals surface area (Å²) in [6, 6.07) is 12.7. The van der Waals surface area contributed by atoms with E-state index in [1.165, 1.54) is 12.3 Å². The van der Waals surface area contributed by atoms with Gasteiger partial charge >= 0.3 is 0 Å². The molecule has 1 aromatic carbocycles. The lowest BCUT2D eigenvalue weighted by molar-refractivity contribution is 0.0725. The van der Waals surface area contributed by atoms with Gasteiger partial charge in [-0.25, -0.2) is 9.37 Å². The van der Waals surface area contributed by atoms with Crippen molar-refractivity contribution in [3.05, 3.63) is 94.3 Å². The fourth-order valence-corrected chi connectivity index (χ4v) is 3.68. The van der Waals surface area contributed by atoms with E-state index in [1.54, 1.807) is 24.0 Å². The minimum absolute atomic E-state index is 0.168. The Hall–Kier alpha value is -3.87. The van der Waals surface area contributed by atoms with E-state index in [1.807, 2.05) is 37.4 Å². The maximum Gasteiger partial charge on any atom is 0.254 e. The quantitative estimate of drug-likeness (QED) is 0.464. The Morgan fingerprint density at radius 1 is 1.00 bits per heavy atom. The topological polar surface area (TPSA) is 85.0 Å². The van der Waals surface area contributed by atoms with Gasteiger partial charge in [0.2, 0.25) is 0 Å². The normalized spacial score (nSPS) is 11.0. The summed E-state index contributed by atoms with van der Waals surface area (Å²) in [5.41, 5.74) is 11.3. The number of aromatic nitrogens is 3. The first-order valence-corrected chi connectivity index (χ1v) is 10.8. The van der Waals surface area contributed by atoms with Crippen LogP contribution >= 0.6 is 0 Å². The first kappa shape index (κ1) is 22.3. The summed E-state index contributed by atoms with van der Waals surface area (Å²) in [6.45, 7) is 6.28. The number of carbonyl (C=O) groups excluding carboxylic acids is 1. The molecule has 0 fully saturated rings. The number of halogens is 1. The van der Waals surface area contributed by atoms with Gasteiger partial charge < -0.3 is 10.6 Å². The van der Waals surface area contributed by atoms with Crippen LogP contribution in [0.4, 0.5) is 10.2 Å². The molecule has 6 nitrogen and oxygen atoms in total. The van der Waals surface area contributed by atoms with Gasteiger partial charge in [0, 0.05) is 17.1 Å². The molecule has 0 spiro atoms. The summed E-state index contributed by atoms with van der Waals surface area (Å²) < 4.78 is 13.6. The van der Waals surface area contributed by atoms with Crippen molar-refractivity contribution in [3.8, 4) is 0 Å². The molecule has 0 atom stereocenters. The highest BCUT2D eigenvalue weighted by Gasteiger charge is 2.20. The van der Waals surface area contributed by atoms with Crippen molar-refractivity contribution in [3.63, 3.8) is 0 Å². The number of carbonyl (C=O) groups is 1. The molecule has 2 N–H and O–H groups in total. The van der Waals surface area contributed by atoms with E-state index in [0.29, 0.717) is 29.2 Å². The van der Waals surface area contributed by atoms with E-state index in [-0.39, 0.29) is 12.5 Å². The molecule has 0 saturated heterocycles. The number of rotatable bonds is 6. The molecule has 7 heteroatoms. The Balaban J connectivity index is 1.69. The number of pyridine rings is 3. The monoisotopic (exact) mass is 443 g/mol. The van der Waals surface area contributed by atoms with Crippen LogP contribution in [0.25, 0.3) is 10.9 Å². The van der Waals surface area contributed by atoms with Gasteiger partial charge in [-0.2, -0.15) is 0 Å². The summed E-state index contributed by atoms with van der Waals surface area (Å²) in [6.07, 6.45) is 3.89. The fraction of sp³-hybridized carbons (Fsp3) is 0.231. The predicted molar refractivity (Wildman–Crippen MR) is 127 cm³/mol. The minimum Gasteiger partial charge on any atom is -0.383 e. The van der Waals surface area contributed by atoms with Gasteiger partial charge in [-0.15, -0.1) is 0 Å². The third kappa shape index (κ3) is 4.98. The zero-order valence-electron chi connectivity index (χ0n) is 19.0. The predicted octanol–water partition coefficient (Wildman–Crippen LogP) is 4.77.